The highest BCUT2D eigenvalue weighted by molar-refractivity contribution is 14.1. The van der Waals surface area contributed by atoms with Crippen molar-refractivity contribution in [3.8, 4) is 6.07 Å². The molecule has 0 radical (unpaired) electrons. The molecule has 0 atom stereocenters. The van der Waals surface area contributed by atoms with Crippen molar-refractivity contribution in [1.82, 2.24) is 9.59 Å². The smallest absolute Gasteiger partial charge is 0.188 e. The van der Waals surface area contributed by atoms with E-state index in [2.05, 4.69) is 9.59 Å². The molecule has 0 bridgehead atoms. The molecule has 3 nitrogen and oxygen atoms in total. The molecule has 0 N–H and O–H groups in total. The van der Waals surface area contributed by atoms with Crippen LogP contribution in [0.2, 0.25) is 0 Å². The van der Waals surface area contributed by atoms with Gasteiger partial charge in [0.15, 0.2) is 5.69 Å². The molecule has 0 amide bonds. The first kappa shape index (κ1) is 5.91. The summed E-state index contributed by atoms with van der Waals surface area (Å²) in [7, 11) is 0. The van der Waals surface area contributed by atoms with Crippen LogP contribution in [0.3, 0.4) is 0 Å². The van der Waals surface area contributed by atoms with E-state index in [1.807, 2.05) is 28.7 Å². The Kier molecular flexibility index (Phi) is 1.75. The number of aromatic nitrogens is 2. The fourth-order valence-electron chi connectivity index (χ4n) is 0.246. The molecule has 1 rings (SSSR count). The van der Waals surface area contributed by atoms with E-state index in [0.717, 1.165) is 2.88 Å². The van der Waals surface area contributed by atoms with Crippen LogP contribution in [0.15, 0.2) is 0 Å². The molecule has 40 valence electrons. The molecule has 0 unspecified atom stereocenters. The van der Waals surface area contributed by atoms with Gasteiger partial charge >= 0.3 is 0 Å². The first-order valence-corrected chi connectivity index (χ1v) is 3.58. The lowest BCUT2D eigenvalue weighted by Crippen LogP contribution is -1.73. The van der Waals surface area contributed by atoms with Crippen LogP contribution in [0.4, 0.5) is 0 Å². The van der Waals surface area contributed by atoms with Crippen molar-refractivity contribution in [1.29, 1.82) is 5.26 Å². The number of hydrogen-bond acceptors (Lipinski definition) is 4. The summed E-state index contributed by atoms with van der Waals surface area (Å²) in [5.74, 6) is 0. The summed E-state index contributed by atoms with van der Waals surface area (Å²) in [4.78, 5) is 0. The number of nitrogens with zero attached hydrogens (tertiary/aromatic N) is 3. The zero-order valence-electron chi connectivity index (χ0n) is 3.63. The third-order valence-electron chi connectivity index (χ3n) is 0.554. The van der Waals surface area contributed by atoms with Gasteiger partial charge in [-0.05, 0) is 34.1 Å². The highest BCUT2D eigenvalue weighted by atomic mass is 127. The van der Waals surface area contributed by atoms with Crippen LogP contribution in [0.5, 0.6) is 0 Å². The minimum Gasteiger partial charge on any atom is -0.191 e. The Morgan fingerprint density at radius 2 is 2.50 bits per heavy atom. The maximum atomic E-state index is 8.26. The Hall–Kier alpha value is -0.220. The van der Waals surface area contributed by atoms with Gasteiger partial charge in [0.05, 0.1) is 0 Å². The topological polar surface area (TPSA) is 49.6 Å². The molecule has 0 saturated carbocycles. The number of halogens is 1. The molecular weight excluding hydrogens is 237 g/mol. The molecular formula is C3IN3S. The van der Waals surface area contributed by atoms with Crippen LogP contribution in [0.1, 0.15) is 5.69 Å². The first-order valence-electron chi connectivity index (χ1n) is 1.72. The van der Waals surface area contributed by atoms with Gasteiger partial charge in [0.25, 0.3) is 0 Å². The fourth-order valence-corrected chi connectivity index (χ4v) is 1.11. The zero-order valence-corrected chi connectivity index (χ0v) is 6.60. The summed E-state index contributed by atoms with van der Waals surface area (Å²) in [5.41, 5.74) is 0.426. The molecule has 1 aromatic rings. The monoisotopic (exact) mass is 237 g/mol. The quantitative estimate of drug-likeness (QED) is 0.633. The lowest BCUT2D eigenvalue weighted by molar-refractivity contribution is 1.12. The Bertz CT molecular complexity index is 225. The van der Waals surface area contributed by atoms with Crippen molar-refractivity contribution in [2.45, 2.75) is 0 Å². The summed E-state index contributed by atoms with van der Waals surface area (Å²) in [5, 5.41) is 11.8. The largest absolute Gasteiger partial charge is 0.191 e. The van der Waals surface area contributed by atoms with Gasteiger partial charge in [0.2, 0.25) is 0 Å². The summed E-state index contributed by atoms with van der Waals surface area (Å²) in [6.07, 6.45) is 0. The van der Waals surface area contributed by atoms with E-state index in [0.29, 0.717) is 5.69 Å². The first-order chi connectivity index (χ1) is 3.84. The predicted molar refractivity (Wildman–Crippen MR) is 37.3 cm³/mol. The average molecular weight is 237 g/mol. The van der Waals surface area contributed by atoms with Crippen molar-refractivity contribution in [2.24, 2.45) is 0 Å². The van der Waals surface area contributed by atoms with E-state index in [-0.39, 0.29) is 0 Å². The minimum atomic E-state index is 0.426. The Morgan fingerprint density at radius 1 is 1.75 bits per heavy atom. The Morgan fingerprint density at radius 3 is 2.75 bits per heavy atom. The van der Waals surface area contributed by atoms with Crippen LogP contribution in [0.25, 0.3) is 0 Å². The van der Waals surface area contributed by atoms with Gasteiger partial charge in [-0.3, -0.25) is 0 Å². The second-order valence-corrected chi connectivity index (χ2v) is 3.57. The molecule has 5 heteroatoms. The summed E-state index contributed by atoms with van der Waals surface area (Å²) in [6, 6.07) is 1.90. The summed E-state index contributed by atoms with van der Waals surface area (Å²) < 4.78 is 4.41. The van der Waals surface area contributed by atoms with Gasteiger partial charge in [0, 0.05) is 0 Å². The number of rotatable bonds is 0. The third-order valence-corrected chi connectivity index (χ3v) is 2.17. The van der Waals surface area contributed by atoms with Crippen molar-refractivity contribution < 1.29 is 0 Å². The normalized spacial score (nSPS) is 8.50. The van der Waals surface area contributed by atoms with Gasteiger partial charge in [-0.2, -0.15) is 5.26 Å². The van der Waals surface area contributed by atoms with Crippen LogP contribution in [0, 0.1) is 14.2 Å². The third kappa shape index (κ3) is 0.952. The predicted octanol–water partition coefficient (Wildman–Crippen LogP) is 1.01. The molecule has 0 aliphatic carbocycles. The lowest BCUT2D eigenvalue weighted by atomic mass is 10.6. The van der Waals surface area contributed by atoms with Crippen molar-refractivity contribution in [2.75, 3.05) is 0 Å². The molecule has 0 aromatic carbocycles. The van der Waals surface area contributed by atoms with E-state index in [1.165, 1.54) is 11.5 Å². The highest BCUT2D eigenvalue weighted by Crippen LogP contribution is 2.10. The second kappa shape index (κ2) is 2.37. The maximum Gasteiger partial charge on any atom is 0.188 e. The van der Waals surface area contributed by atoms with Gasteiger partial charge in [0.1, 0.15) is 8.95 Å². The average Bonchev–Trinajstić information content (AvgIpc) is 2.14. The number of hydrogen-bond donors (Lipinski definition) is 0. The second-order valence-electron chi connectivity index (χ2n) is 1.01. The van der Waals surface area contributed by atoms with Crippen molar-refractivity contribution in [3.05, 3.63) is 8.58 Å². The molecule has 1 aromatic heterocycles. The fraction of sp³-hybridized carbons (Fsp3) is 0. The van der Waals surface area contributed by atoms with Crippen LogP contribution in [-0.4, -0.2) is 9.59 Å². The molecule has 0 aliphatic heterocycles. The molecule has 0 aliphatic rings. The van der Waals surface area contributed by atoms with Gasteiger partial charge in [-0.1, -0.05) is 4.49 Å². The van der Waals surface area contributed by atoms with Crippen molar-refractivity contribution >= 4 is 34.1 Å². The molecule has 0 saturated heterocycles. The zero-order chi connectivity index (χ0) is 5.98. The summed E-state index contributed by atoms with van der Waals surface area (Å²) in [6.45, 7) is 0. The molecule has 0 fully saturated rings. The van der Waals surface area contributed by atoms with Gasteiger partial charge in [-0.25, -0.2) is 0 Å². The van der Waals surface area contributed by atoms with Crippen molar-refractivity contribution in [3.63, 3.8) is 0 Å². The SMILES string of the molecule is N#Cc1nnsc1I. The minimum absolute atomic E-state index is 0.426. The highest BCUT2D eigenvalue weighted by Gasteiger charge is 1.99. The lowest BCUT2D eigenvalue weighted by Gasteiger charge is -1.69. The van der Waals surface area contributed by atoms with E-state index in [4.69, 9.17) is 5.26 Å². The van der Waals surface area contributed by atoms with Crippen LogP contribution >= 0.6 is 34.1 Å². The summed E-state index contributed by atoms with van der Waals surface area (Å²) >= 11 is 3.26. The van der Waals surface area contributed by atoms with E-state index in [9.17, 15) is 0 Å². The number of nitriles is 1. The molecule has 8 heavy (non-hydrogen) atoms. The van der Waals surface area contributed by atoms with E-state index < -0.39 is 0 Å². The Labute approximate surface area is 63.6 Å². The molecule has 1 heterocycles. The standard InChI is InChI=1S/C3IN3S/c4-3-2(1-5)6-7-8-3. The van der Waals surface area contributed by atoms with Crippen LogP contribution in [-0.2, 0) is 0 Å². The maximum absolute atomic E-state index is 8.26. The Balaban J connectivity index is 3.15. The van der Waals surface area contributed by atoms with Gasteiger partial charge < -0.3 is 0 Å². The molecule has 0 spiro atoms. The van der Waals surface area contributed by atoms with Crippen LogP contribution < -0.4 is 0 Å². The van der Waals surface area contributed by atoms with Gasteiger partial charge in [-0.15, -0.1) is 5.10 Å². The van der Waals surface area contributed by atoms with E-state index >= 15 is 0 Å². The van der Waals surface area contributed by atoms with E-state index in [1.54, 1.807) is 0 Å².